The molecule has 2 fully saturated rings. The summed E-state index contributed by atoms with van der Waals surface area (Å²) >= 11 is 5.93. The molecular weight excluding hydrogens is 368 g/mol. The summed E-state index contributed by atoms with van der Waals surface area (Å²) < 4.78 is 5.50. The van der Waals surface area contributed by atoms with Crippen LogP contribution in [0.1, 0.15) is 12.8 Å². The van der Waals surface area contributed by atoms with Gasteiger partial charge in [-0.15, -0.1) is 0 Å². The molecule has 2 saturated heterocycles. The Morgan fingerprint density at radius 3 is 2.37 bits per heavy atom. The first-order valence-electron chi connectivity index (χ1n) is 9.36. The van der Waals surface area contributed by atoms with Gasteiger partial charge in [-0.3, -0.25) is 9.59 Å². The fourth-order valence-electron chi connectivity index (χ4n) is 3.65. The summed E-state index contributed by atoms with van der Waals surface area (Å²) in [6.07, 6.45) is 1.23. The summed E-state index contributed by atoms with van der Waals surface area (Å²) in [4.78, 5) is 29.1. The van der Waals surface area contributed by atoms with Crippen molar-refractivity contribution in [3.05, 3.63) is 29.3 Å². The van der Waals surface area contributed by atoms with Crippen LogP contribution in [0.3, 0.4) is 0 Å². The van der Waals surface area contributed by atoms with E-state index >= 15 is 0 Å². The predicted molar refractivity (Wildman–Crippen MR) is 105 cm³/mol. The van der Waals surface area contributed by atoms with E-state index in [1.165, 1.54) is 0 Å². The van der Waals surface area contributed by atoms with Crippen LogP contribution in [0.2, 0.25) is 5.02 Å². The number of anilines is 1. The Labute approximate surface area is 165 Å². The lowest BCUT2D eigenvalue weighted by Crippen LogP contribution is -2.56. The van der Waals surface area contributed by atoms with Crippen LogP contribution in [0.5, 0.6) is 0 Å². The number of methoxy groups -OCH3 is 1. The molecule has 2 aliphatic rings. The maximum atomic E-state index is 12.5. The molecule has 2 amide bonds. The first-order chi connectivity index (χ1) is 13.0. The van der Waals surface area contributed by atoms with Crippen LogP contribution in [0.4, 0.5) is 5.69 Å². The minimum Gasteiger partial charge on any atom is -0.368 e. The van der Waals surface area contributed by atoms with Gasteiger partial charge in [-0.1, -0.05) is 11.6 Å². The Hall–Kier alpha value is -1.83. The third-order valence-electron chi connectivity index (χ3n) is 5.44. The normalized spacial score (nSPS) is 19.6. The molecule has 7 nitrogen and oxygen atoms in total. The number of carbonyl (C=O) groups is 2. The molecule has 0 aromatic heterocycles. The molecule has 3 rings (SSSR count). The maximum Gasteiger partial charge on any atom is 0.252 e. The van der Waals surface area contributed by atoms with Gasteiger partial charge in [-0.05, 0) is 50.2 Å². The molecule has 0 saturated carbocycles. The molecule has 0 unspecified atom stereocenters. The highest BCUT2D eigenvalue weighted by Gasteiger charge is 2.39. The lowest BCUT2D eigenvalue weighted by Gasteiger charge is -2.37. The zero-order valence-corrected chi connectivity index (χ0v) is 16.4. The maximum absolute atomic E-state index is 12.5. The molecule has 2 N–H and O–H groups in total. The van der Waals surface area contributed by atoms with Crippen molar-refractivity contribution in [1.82, 2.24) is 15.5 Å². The van der Waals surface area contributed by atoms with Crippen molar-refractivity contribution in [3.63, 3.8) is 0 Å². The van der Waals surface area contributed by atoms with Gasteiger partial charge in [0.15, 0.2) is 0 Å². The van der Waals surface area contributed by atoms with Crippen molar-refractivity contribution in [2.45, 2.75) is 18.4 Å². The SMILES string of the molecule is COC1(C(=O)NCC(=O)N2CCN(c3ccc(Cl)cc3)CC2)CCNCC1. The lowest BCUT2D eigenvalue weighted by molar-refractivity contribution is -0.148. The summed E-state index contributed by atoms with van der Waals surface area (Å²) in [6.45, 7) is 4.28. The molecule has 8 heteroatoms. The third-order valence-corrected chi connectivity index (χ3v) is 5.69. The smallest absolute Gasteiger partial charge is 0.252 e. The fourth-order valence-corrected chi connectivity index (χ4v) is 3.78. The van der Waals surface area contributed by atoms with Crippen LogP contribution in [0.25, 0.3) is 0 Å². The Balaban J connectivity index is 1.46. The van der Waals surface area contributed by atoms with Crippen molar-refractivity contribution in [2.24, 2.45) is 0 Å². The monoisotopic (exact) mass is 394 g/mol. The van der Waals surface area contributed by atoms with Crippen molar-refractivity contribution in [1.29, 1.82) is 0 Å². The van der Waals surface area contributed by atoms with E-state index in [9.17, 15) is 9.59 Å². The Kier molecular flexibility index (Phi) is 6.57. The zero-order chi connectivity index (χ0) is 19.3. The number of nitrogens with zero attached hydrogens (tertiary/aromatic N) is 2. The number of benzene rings is 1. The molecule has 0 spiro atoms. The Morgan fingerprint density at radius 1 is 1.15 bits per heavy atom. The molecule has 0 bridgehead atoms. The van der Waals surface area contributed by atoms with Crippen molar-refractivity contribution in [2.75, 3.05) is 57.8 Å². The summed E-state index contributed by atoms with van der Waals surface area (Å²) in [7, 11) is 1.56. The molecule has 0 aliphatic carbocycles. The summed E-state index contributed by atoms with van der Waals surface area (Å²) in [5.74, 6) is -0.251. The predicted octanol–water partition coefficient (Wildman–Crippen LogP) is 0.873. The van der Waals surface area contributed by atoms with Crippen LogP contribution in [0.15, 0.2) is 24.3 Å². The molecule has 27 heavy (non-hydrogen) atoms. The first kappa shape index (κ1) is 19.9. The minimum absolute atomic E-state index is 0.0122. The number of ether oxygens (including phenoxy) is 1. The van der Waals surface area contributed by atoms with E-state index in [4.69, 9.17) is 16.3 Å². The number of halogens is 1. The van der Waals surface area contributed by atoms with Gasteiger partial charge in [-0.25, -0.2) is 0 Å². The number of nitrogens with one attached hydrogen (secondary N) is 2. The lowest BCUT2D eigenvalue weighted by atomic mass is 9.91. The number of hydrogen-bond donors (Lipinski definition) is 2. The van der Waals surface area contributed by atoms with E-state index in [2.05, 4.69) is 15.5 Å². The molecule has 0 atom stereocenters. The molecular formula is C19H27ClN4O3. The van der Waals surface area contributed by atoms with Crippen molar-refractivity contribution < 1.29 is 14.3 Å². The van der Waals surface area contributed by atoms with Crippen LogP contribution in [0, 0.1) is 0 Å². The average Bonchev–Trinajstić information content (AvgIpc) is 2.73. The van der Waals surface area contributed by atoms with E-state index in [0.29, 0.717) is 31.0 Å². The van der Waals surface area contributed by atoms with E-state index in [-0.39, 0.29) is 18.4 Å². The third kappa shape index (κ3) is 4.72. The molecule has 1 aromatic rings. The second-order valence-electron chi connectivity index (χ2n) is 6.98. The van der Waals surface area contributed by atoms with Gasteiger partial charge in [0.1, 0.15) is 5.60 Å². The van der Waals surface area contributed by atoms with Gasteiger partial charge >= 0.3 is 0 Å². The van der Waals surface area contributed by atoms with Gasteiger partial charge in [0.05, 0.1) is 6.54 Å². The van der Waals surface area contributed by atoms with E-state index in [1.54, 1.807) is 12.0 Å². The molecule has 0 radical (unpaired) electrons. The molecule has 2 aliphatic heterocycles. The van der Waals surface area contributed by atoms with Crippen LogP contribution >= 0.6 is 11.6 Å². The standard InChI is InChI=1S/C19H27ClN4O3/c1-27-19(6-8-21-9-7-19)18(26)22-14-17(25)24-12-10-23(11-13-24)16-4-2-15(20)3-5-16/h2-5,21H,6-14H2,1H3,(H,22,26). The van der Waals surface area contributed by atoms with Crippen molar-refractivity contribution >= 4 is 29.1 Å². The fraction of sp³-hybridized carbons (Fsp3) is 0.579. The Morgan fingerprint density at radius 2 is 1.78 bits per heavy atom. The van der Waals surface area contributed by atoms with Gasteiger partial charge in [0.25, 0.3) is 5.91 Å². The van der Waals surface area contributed by atoms with Gasteiger partial charge < -0.3 is 25.2 Å². The number of carbonyl (C=O) groups excluding carboxylic acids is 2. The van der Waals surface area contributed by atoms with Crippen LogP contribution in [-0.4, -0.2) is 75.2 Å². The zero-order valence-electron chi connectivity index (χ0n) is 15.7. The highest BCUT2D eigenvalue weighted by Crippen LogP contribution is 2.22. The average molecular weight is 395 g/mol. The number of rotatable bonds is 5. The van der Waals surface area contributed by atoms with Crippen molar-refractivity contribution in [3.8, 4) is 0 Å². The minimum atomic E-state index is -0.821. The highest BCUT2D eigenvalue weighted by atomic mass is 35.5. The molecule has 1 aromatic carbocycles. The Bertz CT molecular complexity index is 653. The first-order valence-corrected chi connectivity index (χ1v) is 9.74. The van der Waals surface area contributed by atoms with E-state index in [1.807, 2.05) is 24.3 Å². The number of hydrogen-bond acceptors (Lipinski definition) is 5. The molecule has 2 heterocycles. The number of piperazine rings is 1. The number of piperidine rings is 1. The van der Waals surface area contributed by atoms with Gasteiger partial charge in [-0.2, -0.15) is 0 Å². The second-order valence-corrected chi connectivity index (χ2v) is 7.41. The highest BCUT2D eigenvalue weighted by molar-refractivity contribution is 6.30. The summed E-state index contributed by atoms with van der Waals surface area (Å²) in [5, 5.41) is 6.71. The summed E-state index contributed by atoms with van der Waals surface area (Å²) in [6, 6.07) is 7.72. The number of amides is 2. The quantitative estimate of drug-likeness (QED) is 0.775. The second kappa shape index (κ2) is 8.91. The van der Waals surface area contributed by atoms with Crippen LogP contribution < -0.4 is 15.5 Å². The van der Waals surface area contributed by atoms with E-state index < -0.39 is 5.60 Å². The van der Waals surface area contributed by atoms with Gasteiger partial charge in [0, 0.05) is 44.0 Å². The molecule has 148 valence electrons. The largest absolute Gasteiger partial charge is 0.368 e. The van der Waals surface area contributed by atoms with Crippen LogP contribution in [-0.2, 0) is 14.3 Å². The topological polar surface area (TPSA) is 73.9 Å². The van der Waals surface area contributed by atoms with Gasteiger partial charge in [0.2, 0.25) is 5.91 Å². The summed E-state index contributed by atoms with van der Waals surface area (Å²) in [5.41, 5.74) is 0.284. The van der Waals surface area contributed by atoms with E-state index in [0.717, 1.165) is 31.9 Å².